The second-order valence-electron chi connectivity index (χ2n) is 5.71. The fourth-order valence-electron chi connectivity index (χ4n) is 2.51. The van der Waals surface area contributed by atoms with Gasteiger partial charge < -0.3 is 15.0 Å². The number of nitrogens with zero attached hydrogens (tertiary/aromatic N) is 2. The summed E-state index contributed by atoms with van der Waals surface area (Å²) in [4.78, 5) is 6.10. The number of benzene rings is 1. The van der Waals surface area contributed by atoms with Crippen LogP contribution < -0.4 is 5.32 Å². The summed E-state index contributed by atoms with van der Waals surface area (Å²) in [7, 11) is 3.55. The van der Waals surface area contributed by atoms with Gasteiger partial charge in [0.05, 0.1) is 12.2 Å². The van der Waals surface area contributed by atoms with Gasteiger partial charge >= 0.3 is 6.18 Å². The lowest BCUT2D eigenvalue weighted by Crippen LogP contribution is -2.40. The summed E-state index contributed by atoms with van der Waals surface area (Å²) in [6, 6.07) is 5.21. The average Bonchev–Trinajstić information content (AvgIpc) is 3.01. The predicted octanol–water partition coefficient (Wildman–Crippen LogP) is 2.75. The Bertz CT molecular complexity index is 522. The van der Waals surface area contributed by atoms with Crippen molar-refractivity contribution in [3.05, 3.63) is 35.4 Å². The molecule has 0 unspecified atom stereocenters. The maximum Gasteiger partial charge on any atom is 0.416 e. The third-order valence-electron chi connectivity index (χ3n) is 3.85. The van der Waals surface area contributed by atoms with Gasteiger partial charge in [0.25, 0.3) is 0 Å². The summed E-state index contributed by atoms with van der Waals surface area (Å²) in [5.74, 6) is 1.20. The highest BCUT2D eigenvalue weighted by Crippen LogP contribution is 2.29. The van der Waals surface area contributed by atoms with Gasteiger partial charge in [0.15, 0.2) is 5.96 Å². The number of halogens is 3. The van der Waals surface area contributed by atoms with E-state index in [2.05, 4.69) is 10.3 Å². The monoisotopic (exact) mass is 329 g/mol. The van der Waals surface area contributed by atoms with Crippen molar-refractivity contribution in [3.63, 3.8) is 0 Å². The second-order valence-corrected chi connectivity index (χ2v) is 5.71. The van der Waals surface area contributed by atoms with Gasteiger partial charge in [0.1, 0.15) is 0 Å². The molecule has 0 radical (unpaired) electrons. The first-order chi connectivity index (χ1) is 10.9. The molecule has 1 aromatic rings. The van der Waals surface area contributed by atoms with Gasteiger partial charge in [-0.25, -0.2) is 0 Å². The maximum atomic E-state index is 12.6. The van der Waals surface area contributed by atoms with Crippen molar-refractivity contribution in [1.29, 1.82) is 0 Å². The molecule has 2 rings (SSSR count). The summed E-state index contributed by atoms with van der Waals surface area (Å²) in [6.45, 7) is 2.82. The molecule has 1 N–H and O–H groups in total. The SMILES string of the molecule is CN=C(NC[C@@H]1CCOC1)N(C)Cc1ccc(C(F)(F)F)cc1. The van der Waals surface area contributed by atoms with Crippen LogP contribution in [0.5, 0.6) is 0 Å². The highest BCUT2D eigenvalue weighted by Gasteiger charge is 2.29. The van der Waals surface area contributed by atoms with E-state index >= 15 is 0 Å². The molecule has 0 aromatic heterocycles. The number of hydrogen-bond acceptors (Lipinski definition) is 2. The van der Waals surface area contributed by atoms with Crippen molar-refractivity contribution in [1.82, 2.24) is 10.2 Å². The van der Waals surface area contributed by atoms with E-state index in [0.29, 0.717) is 12.5 Å². The molecule has 0 spiro atoms. The van der Waals surface area contributed by atoms with Crippen LogP contribution >= 0.6 is 0 Å². The summed E-state index contributed by atoms with van der Waals surface area (Å²) in [6.07, 6.45) is -3.27. The fraction of sp³-hybridized carbons (Fsp3) is 0.562. The van der Waals surface area contributed by atoms with E-state index in [1.54, 1.807) is 7.05 Å². The summed E-state index contributed by atoms with van der Waals surface area (Å²) >= 11 is 0. The molecule has 128 valence electrons. The first-order valence-corrected chi connectivity index (χ1v) is 7.56. The lowest BCUT2D eigenvalue weighted by Gasteiger charge is -2.23. The van der Waals surface area contributed by atoms with Gasteiger partial charge in [0, 0.05) is 39.7 Å². The van der Waals surface area contributed by atoms with E-state index in [1.165, 1.54) is 12.1 Å². The van der Waals surface area contributed by atoms with E-state index < -0.39 is 11.7 Å². The smallest absolute Gasteiger partial charge is 0.381 e. The minimum atomic E-state index is -4.30. The Kier molecular flexibility index (Phi) is 5.87. The molecule has 1 heterocycles. The lowest BCUT2D eigenvalue weighted by atomic mass is 10.1. The van der Waals surface area contributed by atoms with Gasteiger partial charge in [0.2, 0.25) is 0 Å². The summed E-state index contributed by atoms with van der Waals surface area (Å²) < 4.78 is 43.0. The third-order valence-corrected chi connectivity index (χ3v) is 3.85. The van der Waals surface area contributed by atoms with Crippen LogP contribution in [0.25, 0.3) is 0 Å². The molecule has 1 aliphatic rings. The fourth-order valence-corrected chi connectivity index (χ4v) is 2.51. The van der Waals surface area contributed by atoms with E-state index in [0.717, 1.165) is 49.8 Å². The maximum absolute atomic E-state index is 12.6. The molecule has 23 heavy (non-hydrogen) atoms. The Morgan fingerprint density at radius 2 is 2.04 bits per heavy atom. The molecule has 0 aliphatic carbocycles. The van der Waals surface area contributed by atoms with E-state index in [1.807, 2.05) is 11.9 Å². The van der Waals surface area contributed by atoms with Crippen LogP contribution in [-0.2, 0) is 17.5 Å². The molecular weight excluding hydrogens is 307 g/mol. The van der Waals surface area contributed by atoms with Crippen LogP contribution in [0.1, 0.15) is 17.5 Å². The zero-order valence-corrected chi connectivity index (χ0v) is 13.4. The van der Waals surface area contributed by atoms with E-state index in [-0.39, 0.29) is 0 Å². The normalized spacial score (nSPS) is 19.0. The van der Waals surface area contributed by atoms with Gasteiger partial charge in [-0.1, -0.05) is 12.1 Å². The molecule has 4 nitrogen and oxygen atoms in total. The largest absolute Gasteiger partial charge is 0.416 e. The van der Waals surface area contributed by atoms with Crippen molar-refractivity contribution in [3.8, 4) is 0 Å². The number of nitrogens with one attached hydrogen (secondary N) is 1. The third kappa shape index (κ3) is 5.13. The summed E-state index contributed by atoms with van der Waals surface area (Å²) in [5, 5.41) is 3.28. The first kappa shape index (κ1) is 17.6. The Hall–Kier alpha value is -1.76. The topological polar surface area (TPSA) is 36.9 Å². The molecule has 0 amide bonds. The van der Waals surface area contributed by atoms with Crippen molar-refractivity contribution in [2.24, 2.45) is 10.9 Å². The molecule has 1 atom stereocenters. The molecule has 1 fully saturated rings. The van der Waals surface area contributed by atoms with Gasteiger partial charge in [-0.3, -0.25) is 4.99 Å². The van der Waals surface area contributed by atoms with Crippen LogP contribution in [0, 0.1) is 5.92 Å². The van der Waals surface area contributed by atoms with Crippen LogP contribution in [0.4, 0.5) is 13.2 Å². The Labute approximate surface area is 134 Å². The van der Waals surface area contributed by atoms with Crippen molar-refractivity contribution >= 4 is 5.96 Å². The molecule has 1 aliphatic heterocycles. The lowest BCUT2D eigenvalue weighted by molar-refractivity contribution is -0.137. The van der Waals surface area contributed by atoms with Crippen LogP contribution in [-0.4, -0.2) is 44.7 Å². The number of alkyl halides is 3. The number of guanidine groups is 1. The average molecular weight is 329 g/mol. The molecular formula is C16H22F3N3O. The zero-order valence-electron chi connectivity index (χ0n) is 13.4. The molecule has 1 aromatic carbocycles. The van der Waals surface area contributed by atoms with Gasteiger partial charge in [-0.15, -0.1) is 0 Å². The highest BCUT2D eigenvalue weighted by molar-refractivity contribution is 5.79. The van der Waals surface area contributed by atoms with E-state index in [9.17, 15) is 13.2 Å². The van der Waals surface area contributed by atoms with Crippen molar-refractivity contribution in [2.75, 3.05) is 33.9 Å². The molecule has 1 saturated heterocycles. The van der Waals surface area contributed by atoms with Gasteiger partial charge in [-0.2, -0.15) is 13.2 Å². The number of aliphatic imine (C=N–C) groups is 1. The Balaban J connectivity index is 1.89. The van der Waals surface area contributed by atoms with Crippen LogP contribution in [0.2, 0.25) is 0 Å². The second kappa shape index (κ2) is 7.68. The number of ether oxygens (including phenoxy) is 1. The summed E-state index contributed by atoms with van der Waals surface area (Å²) in [5.41, 5.74) is 0.167. The van der Waals surface area contributed by atoms with Crippen LogP contribution in [0.15, 0.2) is 29.3 Å². The quantitative estimate of drug-likeness (QED) is 0.682. The Morgan fingerprint density at radius 1 is 1.35 bits per heavy atom. The molecule has 0 bridgehead atoms. The standard InChI is InChI=1S/C16H22F3N3O/c1-20-15(21-9-13-7-8-23-11-13)22(2)10-12-3-5-14(6-4-12)16(17,18)19/h3-6,13H,7-11H2,1-2H3,(H,20,21)/t13-/m0/s1. The Morgan fingerprint density at radius 3 is 2.57 bits per heavy atom. The zero-order chi connectivity index (χ0) is 16.9. The minimum Gasteiger partial charge on any atom is -0.381 e. The number of hydrogen-bond donors (Lipinski definition) is 1. The molecule has 0 saturated carbocycles. The van der Waals surface area contributed by atoms with Crippen molar-refractivity contribution in [2.45, 2.75) is 19.1 Å². The van der Waals surface area contributed by atoms with Crippen LogP contribution in [0.3, 0.4) is 0 Å². The predicted molar refractivity (Wildman–Crippen MR) is 83.2 cm³/mol. The minimum absolute atomic E-state index is 0.478. The number of rotatable bonds is 4. The van der Waals surface area contributed by atoms with E-state index in [4.69, 9.17) is 4.74 Å². The highest BCUT2D eigenvalue weighted by atomic mass is 19.4. The van der Waals surface area contributed by atoms with Crippen molar-refractivity contribution < 1.29 is 17.9 Å². The first-order valence-electron chi connectivity index (χ1n) is 7.56. The molecule has 7 heteroatoms. The van der Waals surface area contributed by atoms with Gasteiger partial charge in [-0.05, 0) is 24.1 Å².